The maximum atomic E-state index is 12.4. The molecule has 3 aromatic carbocycles. The summed E-state index contributed by atoms with van der Waals surface area (Å²) in [5, 5.41) is 6.16. The quantitative estimate of drug-likeness (QED) is 0.564. The molecule has 0 spiro atoms. The van der Waals surface area contributed by atoms with Crippen LogP contribution in [0.3, 0.4) is 0 Å². The van der Waals surface area contributed by atoms with E-state index in [1.165, 1.54) is 0 Å². The van der Waals surface area contributed by atoms with E-state index in [4.69, 9.17) is 21.1 Å². The molecule has 0 saturated carbocycles. The average Bonchev–Trinajstić information content (AvgIpc) is 2.76. The summed E-state index contributed by atoms with van der Waals surface area (Å²) >= 11 is 6.08. The number of halogens is 1. The highest BCUT2D eigenvalue weighted by Crippen LogP contribution is 2.24. The van der Waals surface area contributed by atoms with E-state index in [0.29, 0.717) is 33.5 Å². The SMILES string of the molecule is COc1ccc(NC(=O)COc2ccc(C(=O)Nc3cccc(Cl)c3C)cc2)cc1. The number of amides is 2. The van der Waals surface area contributed by atoms with Crippen molar-refractivity contribution in [2.24, 2.45) is 0 Å². The van der Waals surface area contributed by atoms with Gasteiger partial charge in [0.2, 0.25) is 0 Å². The van der Waals surface area contributed by atoms with E-state index in [-0.39, 0.29) is 18.4 Å². The molecule has 0 aromatic heterocycles. The highest BCUT2D eigenvalue weighted by atomic mass is 35.5. The maximum Gasteiger partial charge on any atom is 0.262 e. The summed E-state index contributed by atoms with van der Waals surface area (Å²) in [6.07, 6.45) is 0. The van der Waals surface area contributed by atoms with Gasteiger partial charge in [-0.25, -0.2) is 0 Å². The van der Waals surface area contributed by atoms with Gasteiger partial charge in [0.05, 0.1) is 7.11 Å². The van der Waals surface area contributed by atoms with Gasteiger partial charge < -0.3 is 20.1 Å². The van der Waals surface area contributed by atoms with Gasteiger partial charge in [0.25, 0.3) is 11.8 Å². The van der Waals surface area contributed by atoms with Crippen molar-refractivity contribution in [1.29, 1.82) is 0 Å². The monoisotopic (exact) mass is 424 g/mol. The minimum Gasteiger partial charge on any atom is -0.497 e. The van der Waals surface area contributed by atoms with E-state index >= 15 is 0 Å². The van der Waals surface area contributed by atoms with E-state index < -0.39 is 0 Å². The molecule has 0 bridgehead atoms. The normalized spacial score (nSPS) is 10.2. The van der Waals surface area contributed by atoms with Crippen LogP contribution in [0.25, 0.3) is 0 Å². The van der Waals surface area contributed by atoms with Crippen LogP contribution in [0.4, 0.5) is 11.4 Å². The second kappa shape index (κ2) is 9.80. The molecule has 0 aliphatic carbocycles. The molecule has 2 N–H and O–H groups in total. The van der Waals surface area contributed by atoms with Crippen molar-refractivity contribution < 1.29 is 19.1 Å². The first-order chi connectivity index (χ1) is 14.5. The van der Waals surface area contributed by atoms with Crippen molar-refractivity contribution in [3.8, 4) is 11.5 Å². The molecular formula is C23H21ClN2O4. The zero-order valence-corrected chi connectivity index (χ0v) is 17.3. The second-order valence-electron chi connectivity index (χ2n) is 6.46. The van der Waals surface area contributed by atoms with E-state index in [9.17, 15) is 9.59 Å². The van der Waals surface area contributed by atoms with Crippen LogP contribution in [0.1, 0.15) is 15.9 Å². The zero-order chi connectivity index (χ0) is 21.5. The molecule has 3 aromatic rings. The molecule has 0 saturated heterocycles. The molecular weight excluding hydrogens is 404 g/mol. The number of methoxy groups -OCH3 is 1. The lowest BCUT2D eigenvalue weighted by Crippen LogP contribution is -2.20. The minimum absolute atomic E-state index is 0.153. The zero-order valence-electron chi connectivity index (χ0n) is 16.6. The van der Waals surface area contributed by atoms with Crippen LogP contribution in [-0.4, -0.2) is 25.5 Å². The van der Waals surface area contributed by atoms with Crippen molar-refractivity contribution in [2.75, 3.05) is 24.4 Å². The lowest BCUT2D eigenvalue weighted by atomic mass is 10.1. The standard InChI is InChI=1S/C23H21ClN2O4/c1-15-20(24)4-3-5-21(15)26-23(28)16-6-10-19(11-7-16)30-14-22(27)25-17-8-12-18(29-2)13-9-17/h3-13H,14H2,1-2H3,(H,25,27)(H,26,28). The Kier molecular flexibility index (Phi) is 6.93. The van der Waals surface area contributed by atoms with Gasteiger partial charge in [-0.2, -0.15) is 0 Å². The molecule has 7 heteroatoms. The number of hydrogen-bond donors (Lipinski definition) is 2. The summed E-state index contributed by atoms with van der Waals surface area (Å²) in [6.45, 7) is 1.69. The number of carbonyl (C=O) groups is 2. The topological polar surface area (TPSA) is 76.7 Å². The number of anilines is 2. The van der Waals surface area contributed by atoms with E-state index in [1.807, 2.05) is 6.92 Å². The number of rotatable bonds is 7. The van der Waals surface area contributed by atoms with Crippen molar-refractivity contribution >= 4 is 34.8 Å². The van der Waals surface area contributed by atoms with Crippen LogP contribution in [0.5, 0.6) is 11.5 Å². The first-order valence-electron chi connectivity index (χ1n) is 9.19. The molecule has 0 fully saturated rings. The lowest BCUT2D eigenvalue weighted by Gasteiger charge is -2.11. The highest BCUT2D eigenvalue weighted by Gasteiger charge is 2.10. The predicted molar refractivity (Wildman–Crippen MR) is 118 cm³/mol. The molecule has 0 unspecified atom stereocenters. The van der Waals surface area contributed by atoms with Crippen molar-refractivity contribution in [3.05, 3.63) is 82.9 Å². The number of benzene rings is 3. The van der Waals surface area contributed by atoms with Crippen LogP contribution < -0.4 is 20.1 Å². The molecule has 0 aliphatic rings. The van der Waals surface area contributed by atoms with Crippen LogP contribution in [-0.2, 0) is 4.79 Å². The summed E-state index contributed by atoms with van der Waals surface area (Å²) in [6, 6.07) is 18.9. The van der Waals surface area contributed by atoms with Crippen molar-refractivity contribution in [1.82, 2.24) is 0 Å². The van der Waals surface area contributed by atoms with E-state index in [2.05, 4.69) is 10.6 Å². The summed E-state index contributed by atoms with van der Waals surface area (Å²) in [4.78, 5) is 24.5. The van der Waals surface area contributed by atoms with Crippen molar-refractivity contribution in [2.45, 2.75) is 6.92 Å². The summed E-state index contributed by atoms with van der Waals surface area (Å²) in [5.74, 6) is 0.636. The summed E-state index contributed by atoms with van der Waals surface area (Å²) < 4.78 is 10.6. The molecule has 0 aliphatic heterocycles. The predicted octanol–water partition coefficient (Wildman–Crippen LogP) is 4.93. The van der Waals surface area contributed by atoms with Gasteiger partial charge in [-0.05, 0) is 73.2 Å². The largest absolute Gasteiger partial charge is 0.497 e. The maximum absolute atomic E-state index is 12.4. The second-order valence-corrected chi connectivity index (χ2v) is 6.86. The number of ether oxygens (including phenoxy) is 2. The lowest BCUT2D eigenvalue weighted by molar-refractivity contribution is -0.118. The number of hydrogen-bond acceptors (Lipinski definition) is 4. The minimum atomic E-state index is -0.293. The smallest absolute Gasteiger partial charge is 0.262 e. The fourth-order valence-electron chi connectivity index (χ4n) is 2.66. The first-order valence-corrected chi connectivity index (χ1v) is 9.57. The van der Waals surface area contributed by atoms with Gasteiger partial charge in [-0.1, -0.05) is 17.7 Å². The fourth-order valence-corrected chi connectivity index (χ4v) is 2.83. The third kappa shape index (κ3) is 5.52. The molecule has 0 atom stereocenters. The van der Waals surface area contributed by atoms with Gasteiger partial charge in [0, 0.05) is 22.0 Å². The Bertz CT molecular complexity index is 1030. The van der Waals surface area contributed by atoms with E-state index in [1.54, 1.807) is 73.8 Å². The fraction of sp³-hybridized carbons (Fsp3) is 0.130. The van der Waals surface area contributed by atoms with Crippen LogP contribution >= 0.6 is 11.6 Å². The van der Waals surface area contributed by atoms with Crippen LogP contribution in [0, 0.1) is 6.92 Å². The average molecular weight is 425 g/mol. The van der Waals surface area contributed by atoms with Gasteiger partial charge in [-0.15, -0.1) is 0 Å². The first kappa shape index (κ1) is 21.2. The molecule has 154 valence electrons. The molecule has 0 heterocycles. The van der Waals surface area contributed by atoms with Gasteiger partial charge in [0.15, 0.2) is 6.61 Å². The number of nitrogens with one attached hydrogen (secondary N) is 2. The van der Waals surface area contributed by atoms with E-state index in [0.717, 1.165) is 5.56 Å². The molecule has 3 rings (SSSR count). The molecule has 0 radical (unpaired) electrons. The Morgan fingerprint density at radius 2 is 1.57 bits per heavy atom. The Labute approximate surface area is 179 Å². The molecule has 2 amide bonds. The Morgan fingerprint density at radius 1 is 0.900 bits per heavy atom. The Balaban J connectivity index is 1.53. The molecule has 30 heavy (non-hydrogen) atoms. The molecule has 6 nitrogen and oxygen atoms in total. The Hall–Kier alpha value is -3.51. The summed E-state index contributed by atoms with van der Waals surface area (Å²) in [5.41, 5.74) is 2.57. The Morgan fingerprint density at radius 3 is 2.23 bits per heavy atom. The summed E-state index contributed by atoms with van der Waals surface area (Å²) in [7, 11) is 1.58. The van der Waals surface area contributed by atoms with Gasteiger partial charge >= 0.3 is 0 Å². The van der Waals surface area contributed by atoms with Crippen LogP contribution in [0.2, 0.25) is 5.02 Å². The highest BCUT2D eigenvalue weighted by molar-refractivity contribution is 6.31. The van der Waals surface area contributed by atoms with Crippen LogP contribution in [0.15, 0.2) is 66.7 Å². The third-order valence-electron chi connectivity index (χ3n) is 4.38. The van der Waals surface area contributed by atoms with Crippen molar-refractivity contribution in [3.63, 3.8) is 0 Å². The van der Waals surface area contributed by atoms with Gasteiger partial charge in [-0.3, -0.25) is 9.59 Å². The number of carbonyl (C=O) groups excluding carboxylic acids is 2. The third-order valence-corrected chi connectivity index (χ3v) is 4.79. The van der Waals surface area contributed by atoms with Gasteiger partial charge in [0.1, 0.15) is 11.5 Å².